The van der Waals surface area contributed by atoms with E-state index in [1.165, 1.54) is 5.56 Å². The quantitative estimate of drug-likeness (QED) is 0.189. The summed E-state index contributed by atoms with van der Waals surface area (Å²) in [5.41, 5.74) is 5.32. The molecule has 0 spiro atoms. The minimum Gasteiger partial charge on any atom is -0.496 e. The molecule has 248 valence electrons. The lowest BCUT2D eigenvalue weighted by atomic mass is 9.92. The summed E-state index contributed by atoms with van der Waals surface area (Å²) in [6, 6.07) is 16.1. The van der Waals surface area contributed by atoms with Crippen LogP contribution in [0.1, 0.15) is 74.2 Å². The maximum absolute atomic E-state index is 13.4. The number of nitrogens with one attached hydrogen (secondary N) is 1. The van der Waals surface area contributed by atoms with Crippen molar-refractivity contribution >= 4 is 23.2 Å². The van der Waals surface area contributed by atoms with Crippen LogP contribution in [0.3, 0.4) is 0 Å². The molecule has 9 heteroatoms. The van der Waals surface area contributed by atoms with E-state index in [4.69, 9.17) is 37.4 Å². The van der Waals surface area contributed by atoms with Gasteiger partial charge < -0.3 is 29.5 Å². The first kappa shape index (κ1) is 33.4. The highest BCUT2D eigenvalue weighted by molar-refractivity contribution is 6.35. The van der Waals surface area contributed by atoms with Gasteiger partial charge in [0.1, 0.15) is 29.5 Å². The van der Waals surface area contributed by atoms with E-state index >= 15 is 0 Å². The number of likely N-dealkylation sites (tertiary alicyclic amines) is 1. The van der Waals surface area contributed by atoms with Crippen LogP contribution in [0, 0.1) is 0 Å². The zero-order valence-corrected chi connectivity index (χ0v) is 28.1. The number of methoxy groups -OCH3 is 1. The largest absolute Gasteiger partial charge is 0.496 e. The number of rotatable bonds is 12. The number of alkyl halides is 1. The van der Waals surface area contributed by atoms with Crippen molar-refractivity contribution in [1.82, 2.24) is 10.2 Å². The number of nitrogens with zero attached hydrogens (tertiary/aromatic N) is 1. The second kappa shape index (κ2) is 15.6. The van der Waals surface area contributed by atoms with Crippen LogP contribution in [0.15, 0.2) is 48.5 Å². The summed E-state index contributed by atoms with van der Waals surface area (Å²) in [5, 5.41) is 15.0. The predicted molar refractivity (Wildman–Crippen MR) is 182 cm³/mol. The Morgan fingerprint density at radius 2 is 1.72 bits per heavy atom. The average molecular weight is 672 g/mol. The van der Waals surface area contributed by atoms with Gasteiger partial charge in [0.05, 0.1) is 29.9 Å². The summed E-state index contributed by atoms with van der Waals surface area (Å²) < 4.78 is 31.9. The number of hydrogen-bond acceptors (Lipinski definition) is 6. The zero-order chi connectivity index (χ0) is 32.0. The lowest BCUT2D eigenvalue weighted by Crippen LogP contribution is -2.41. The number of piperidine rings is 1. The Hall–Kier alpha value is -2.55. The Bertz CT molecular complexity index is 1480. The lowest BCUT2D eigenvalue weighted by Gasteiger charge is -2.28. The molecule has 1 saturated heterocycles. The molecule has 6 rings (SSSR count). The van der Waals surface area contributed by atoms with Crippen molar-refractivity contribution in [2.75, 3.05) is 33.4 Å². The SMILES string of the molecule is COc1cc(O[C@H]2CCc3c(-c4cccc(OCCCN5CCC(F)CC5)c4Cl)cccc32)c(Cl)cc1CN[C@@H]1CCCC[C@@H]1O. The second-order valence-electron chi connectivity index (χ2n) is 12.8. The van der Waals surface area contributed by atoms with Crippen LogP contribution in [0.4, 0.5) is 4.39 Å². The smallest absolute Gasteiger partial charge is 0.142 e. The van der Waals surface area contributed by atoms with E-state index < -0.39 is 6.17 Å². The molecule has 2 aliphatic carbocycles. The first-order valence-electron chi connectivity index (χ1n) is 16.8. The van der Waals surface area contributed by atoms with Crippen molar-refractivity contribution in [1.29, 1.82) is 0 Å². The molecule has 1 saturated carbocycles. The molecule has 3 aliphatic rings. The highest BCUT2D eigenvalue weighted by Crippen LogP contribution is 2.45. The summed E-state index contributed by atoms with van der Waals surface area (Å²) in [6.45, 7) is 3.65. The third-order valence-corrected chi connectivity index (χ3v) is 10.4. The monoisotopic (exact) mass is 670 g/mol. The normalized spacial score (nSPS) is 22.1. The van der Waals surface area contributed by atoms with Gasteiger partial charge in [-0.1, -0.05) is 66.4 Å². The van der Waals surface area contributed by atoms with E-state index in [2.05, 4.69) is 28.4 Å². The summed E-state index contributed by atoms with van der Waals surface area (Å²) >= 11 is 13.7. The van der Waals surface area contributed by atoms with Crippen molar-refractivity contribution in [3.8, 4) is 28.4 Å². The Labute approximate surface area is 282 Å². The number of fused-ring (bicyclic) bond motifs is 1. The maximum atomic E-state index is 13.4. The molecule has 2 N–H and O–H groups in total. The summed E-state index contributed by atoms with van der Waals surface area (Å²) in [4.78, 5) is 2.31. The highest BCUT2D eigenvalue weighted by atomic mass is 35.5. The molecule has 0 amide bonds. The Kier molecular flexibility index (Phi) is 11.3. The van der Waals surface area contributed by atoms with Gasteiger partial charge >= 0.3 is 0 Å². The van der Waals surface area contributed by atoms with Gasteiger partial charge in [0.25, 0.3) is 0 Å². The molecule has 1 heterocycles. The van der Waals surface area contributed by atoms with Crippen molar-refractivity contribution in [3.05, 3.63) is 75.3 Å². The standard InChI is InChI=1S/C37H45Cl2FN2O4/c1-44-35-22-36(30(38)21-24(35)23-41-31-10-2-3-11-32(31)43)46-33-14-13-27-26(7-4-8-28(27)33)29-9-5-12-34(37(29)39)45-20-6-17-42-18-15-25(40)16-19-42/h4-5,7-9,12,21-22,25,31-33,41,43H,2-3,6,10-11,13-20,23H2,1H3/t31-,32+,33+/m1/s1. The van der Waals surface area contributed by atoms with Gasteiger partial charge in [-0.3, -0.25) is 0 Å². The number of aliphatic hydroxyl groups excluding tert-OH is 1. The van der Waals surface area contributed by atoms with E-state index in [1.54, 1.807) is 7.11 Å². The molecule has 0 unspecified atom stereocenters. The highest BCUT2D eigenvalue weighted by Gasteiger charge is 2.29. The van der Waals surface area contributed by atoms with Crippen molar-refractivity contribution in [3.63, 3.8) is 0 Å². The van der Waals surface area contributed by atoms with Crippen LogP contribution in [0.25, 0.3) is 11.1 Å². The maximum Gasteiger partial charge on any atom is 0.142 e. The van der Waals surface area contributed by atoms with Crippen LogP contribution < -0.4 is 19.5 Å². The molecule has 3 atom stereocenters. The van der Waals surface area contributed by atoms with E-state index in [9.17, 15) is 9.50 Å². The molecule has 6 nitrogen and oxygen atoms in total. The zero-order valence-electron chi connectivity index (χ0n) is 26.6. The Morgan fingerprint density at radius 1 is 0.935 bits per heavy atom. The molecule has 3 aromatic rings. The van der Waals surface area contributed by atoms with Crippen LogP contribution >= 0.6 is 23.2 Å². The Balaban J connectivity index is 1.12. The molecular formula is C37H45Cl2FN2O4. The fourth-order valence-electron chi connectivity index (χ4n) is 7.15. The fraction of sp³-hybridized carbons (Fsp3) is 0.514. The van der Waals surface area contributed by atoms with Crippen molar-refractivity contribution in [2.24, 2.45) is 0 Å². The van der Waals surface area contributed by atoms with Gasteiger partial charge in [-0.05, 0) is 73.8 Å². The summed E-state index contributed by atoms with van der Waals surface area (Å²) in [7, 11) is 1.65. The first-order valence-corrected chi connectivity index (χ1v) is 17.5. The number of aliphatic hydroxyl groups is 1. The van der Waals surface area contributed by atoms with Gasteiger partial charge in [0.2, 0.25) is 0 Å². The summed E-state index contributed by atoms with van der Waals surface area (Å²) in [5.74, 6) is 1.97. The van der Waals surface area contributed by atoms with Crippen LogP contribution in [-0.2, 0) is 13.0 Å². The molecular weight excluding hydrogens is 626 g/mol. The van der Waals surface area contributed by atoms with Gasteiger partial charge in [0.15, 0.2) is 0 Å². The molecule has 3 aromatic carbocycles. The average Bonchev–Trinajstić information content (AvgIpc) is 3.48. The van der Waals surface area contributed by atoms with Crippen LogP contribution in [0.5, 0.6) is 17.2 Å². The van der Waals surface area contributed by atoms with Crippen molar-refractivity contribution in [2.45, 2.75) is 88.8 Å². The molecule has 1 aliphatic heterocycles. The van der Waals surface area contributed by atoms with Gasteiger partial charge in [0, 0.05) is 49.4 Å². The van der Waals surface area contributed by atoms with Crippen LogP contribution in [0.2, 0.25) is 10.0 Å². The first-order chi connectivity index (χ1) is 22.4. The lowest BCUT2D eigenvalue weighted by molar-refractivity contribution is 0.0901. The topological polar surface area (TPSA) is 63.2 Å². The third kappa shape index (κ3) is 7.77. The van der Waals surface area contributed by atoms with E-state index in [0.29, 0.717) is 53.3 Å². The van der Waals surface area contributed by atoms with E-state index in [-0.39, 0.29) is 18.2 Å². The number of hydrogen-bond donors (Lipinski definition) is 2. The second-order valence-corrected chi connectivity index (χ2v) is 13.6. The molecule has 0 aromatic heterocycles. The van der Waals surface area contributed by atoms with E-state index in [1.807, 2.05) is 30.3 Å². The number of ether oxygens (including phenoxy) is 3. The van der Waals surface area contributed by atoms with Gasteiger partial charge in [-0.2, -0.15) is 0 Å². The fourth-order valence-corrected chi connectivity index (χ4v) is 7.67. The van der Waals surface area contributed by atoms with Crippen LogP contribution in [-0.4, -0.2) is 61.7 Å². The minimum absolute atomic E-state index is 0.0791. The number of halogens is 3. The van der Waals surface area contributed by atoms with Crippen molar-refractivity contribution < 1.29 is 23.7 Å². The third-order valence-electron chi connectivity index (χ3n) is 9.75. The summed E-state index contributed by atoms with van der Waals surface area (Å²) in [6.07, 6.45) is 6.66. The van der Waals surface area contributed by atoms with Gasteiger partial charge in [-0.25, -0.2) is 4.39 Å². The number of benzene rings is 3. The predicted octanol–water partition coefficient (Wildman–Crippen LogP) is 8.33. The molecule has 0 bridgehead atoms. The minimum atomic E-state index is -0.654. The molecule has 46 heavy (non-hydrogen) atoms. The Morgan fingerprint density at radius 3 is 2.52 bits per heavy atom. The molecule has 0 radical (unpaired) electrons. The molecule has 2 fully saturated rings. The van der Waals surface area contributed by atoms with E-state index in [0.717, 1.165) is 86.8 Å². The van der Waals surface area contributed by atoms with Gasteiger partial charge in [-0.15, -0.1) is 0 Å².